The topological polar surface area (TPSA) is 83.5 Å². The van der Waals surface area contributed by atoms with E-state index in [1.165, 1.54) is 23.8 Å². The molecule has 0 spiro atoms. The molecule has 1 aliphatic rings. The number of benzene rings is 2. The van der Waals surface area contributed by atoms with E-state index in [2.05, 4.69) is 5.32 Å². The van der Waals surface area contributed by atoms with Crippen molar-refractivity contribution >= 4 is 33.3 Å². The fourth-order valence-corrected chi connectivity index (χ4v) is 4.76. The Hall–Kier alpha value is -2.38. The number of sulfone groups is 1. The Kier molecular flexibility index (Phi) is 7.62. The van der Waals surface area contributed by atoms with Gasteiger partial charge in [-0.3, -0.25) is 9.59 Å². The van der Waals surface area contributed by atoms with Crippen LogP contribution in [0.2, 0.25) is 5.02 Å². The van der Waals surface area contributed by atoms with Crippen LogP contribution < -0.4 is 5.32 Å². The number of amides is 2. The van der Waals surface area contributed by atoms with Crippen molar-refractivity contribution in [3.05, 3.63) is 64.7 Å². The first-order chi connectivity index (χ1) is 15.1. The summed E-state index contributed by atoms with van der Waals surface area (Å²) >= 11 is 5.98. The predicted octanol–water partition coefficient (Wildman–Crippen LogP) is 3.90. The van der Waals surface area contributed by atoms with E-state index in [-0.39, 0.29) is 22.3 Å². The van der Waals surface area contributed by atoms with E-state index in [0.29, 0.717) is 24.0 Å². The van der Waals surface area contributed by atoms with Gasteiger partial charge in [0, 0.05) is 29.9 Å². The summed E-state index contributed by atoms with van der Waals surface area (Å²) in [6.07, 6.45) is 2.79. The van der Waals surface area contributed by atoms with Gasteiger partial charge in [0.25, 0.3) is 5.91 Å². The smallest absolute Gasteiger partial charge is 0.251 e. The first-order valence-electron chi connectivity index (χ1n) is 10.7. The van der Waals surface area contributed by atoms with Crippen LogP contribution in [0.25, 0.3) is 0 Å². The van der Waals surface area contributed by atoms with E-state index >= 15 is 0 Å². The summed E-state index contributed by atoms with van der Waals surface area (Å²) in [5.74, 6) is -0.304. The molecule has 6 nitrogen and oxygen atoms in total. The maximum atomic E-state index is 13.2. The number of halogens is 1. The van der Waals surface area contributed by atoms with Crippen LogP contribution in [0.3, 0.4) is 0 Å². The van der Waals surface area contributed by atoms with Gasteiger partial charge in [0.2, 0.25) is 5.91 Å². The molecule has 1 heterocycles. The van der Waals surface area contributed by atoms with E-state index in [1.807, 2.05) is 43.0 Å². The Balaban J connectivity index is 1.66. The number of hydrogen-bond donors (Lipinski definition) is 1. The minimum absolute atomic E-state index is 0.0712. The molecule has 8 heteroatoms. The number of likely N-dealkylation sites (tertiary alicyclic amines) is 1. The number of carbonyl (C=O) groups excluding carboxylic acids is 2. The SMILES string of the molecule is CC(C)[C@@H](NC(=O)c1cccc(S(C)(=O)=O)c1)C(=O)N1CCC(c2ccc(Cl)cc2)CC1. The molecule has 1 N–H and O–H groups in total. The maximum Gasteiger partial charge on any atom is 0.251 e. The van der Waals surface area contributed by atoms with Gasteiger partial charge in [-0.05, 0) is 60.6 Å². The van der Waals surface area contributed by atoms with Gasteiger partial charge in [-0.2, -0.15) is 0 Å². The minimum atomic E-state index is -3.43. The Morgan fingerprint density at radius 3 is 2.25 bits per heavy atom. The standard InChI is InChI=1S/C24H29ClN2O4S/c1-16(2)22(26-23(28)19-5-4-6-21(15-19)32(3,30)31)24(29)27-13-11-18(12-14-27)17-7-9-20(25)10-8-17/h4-10,15-16,18,22H,11-14H2,1-3H3,(H,26,28)/t22-/m1/s1. The van der Waals surface area contributed by atoms with E-state index in [4.69, 9.17) is 11.6 Å². The number of carbonyl (C=O) groups is 2. The second-order valence-electron chi connectivity index (χ2n) is 8.65. The van der Waals surface area contributed by atoms with Crippen LogP contribution >= 0.6 is 11.6 Å². The Morgan fingerprint density at radius 1 is 1.06 bits per heavy atom. The molecule has 0 aromatic heterocycles. The highest BCUT2D eigenvalue weighted by atomic mass is 35.5. The zero-order valence-electron chi connectivity index (χ0n) is 18.5. The fraction of sp³-hybridized carbons (Fsp3) is 0.417. The second-order valence-corrected chi connectivity index (χ2v) is 11.1. The molecule has 1 fully saturated rings. The van der Waals surface area contributed by atoms with Crippen LogP contribution in [0.1, 0.15) is 48.5 Å². The molecule has 0 radical (unpaired) electrons. The van der Waals surface area contributed by atoms with Gasteiger partial charge >= 0.3 is 0 Å². The number of piperidine rings is 1. The molecule has 1 aliphatic heterocycles. The molecule has 0 unspecified atom stereocenters. The van der Waals surface area contributed by atoms with Crippen LogP contribution in [-0.4, -0.2) is 50.5 Å². The number of nitrogens with one attached hydrogen (secondary N) is 1. The Labute approximate surface area is 194 Å². The van der Waals surface area contributed by atoms with E-state index < -0.39 is 21.8 Å². The molecule has 1 atom stereocenters. The van der Waals surface area contributed by atoms with Crippen molar-refractivity contribution in [1.82, 2.24) is 10.2 Å². The van der Waals surface area contributed by atoms with Crippen molar-refractivity contribution in [2.24, 2.45) is 5.92 Å². The van der Waals surface area contributed by atoms with Gasteiger partial charge in [0.15, 0.2) is 9.84 Å². The molecule has 2 aromatic carbocycles. The van der Waals surface area contributed by atoms with Crippen LogP contribution in [0.4, 0.5) is 0 Å². The molecular weight excluding hydrogens is 448 g/mol. The summed E-state index contributed by atoms with van der Waals surface area (Å²) in [7, 11) is -3.43. The van der Waals surface area contributed by atoms with Crippen molar-refractivity contribution < 1.29 is 18.0 Å². The largest absolute Gasteiger partial charge is 0.341 e. The molecule has 2 amide bonds. The number of hydrogen-bond acceptors (Lipinski definition) is 4. The van der Waals surface area contributed by atoms with Crippen molar-refractivity contribution in [3.63, 3.8) is 0 Å². The third kappa shape index (κ3) is 5.90. The zero-order valence-corrected chi connectivity index (χ0v) is 20.1. The number of rotatable bonds is 6. The van der Waals surface area contributed by atoms with Crippen LogP contribution in [0, 0.1) is 5.92 Å². The summed E-state index contributed by atoms with van der Waals surface area (Å²) in [5.41, 5.74) is 1.44. The van der Waals surface area contributed by atoms with Gasteiger partial charge < -0.3 is 10.2 Å². The molecule has 0 saturated carbocycles. The number of nitrogens with zero attached hydrogens (tertiary/aromatic N) is 1. The summed E-state index contributed by atoms with van der Waals surface area (Å²) < 4.78 is 23.6. The second kappa shape index (κ2) is 10.0. The molecule has 0 bridgehead atoms. The molecule has 2 aromatic rings. The highest BCUT2D eigenvalue weighted by Gasteiger charge is 2.32. The Bertz CT molecular complexity index is 1080. The van der Waals surface area contributed by atoms with Crippen LogP contribution in [0.15, 0.2) is 53.4 Å². The van der Waals surface area contributed by atoms with Crippen LogP contribution in [0.5, 0.6) is 0 Å². The predicted molar refractivity (Wildman–Crippen MR) is 126 cm³/mol. The summed E-state index contributed by atoms with van der Waals surface area (Å²) in [6, 6.07) is 13.0. The maximum absolute atomic E-state index is 13.2. The summed E-state index contributed by atoms with van der Waals surface area (Å²) in [4.78, 5) is 27.9. The third-order valence-electron chi connectivity index (χ3n) is 5.89. The van der Waals surface area contributed by atoms with Gasteiger partial charge in [0.05, 0.1) is 4.90 Å². The average Bonchev–Trinajstić information content (AvgIpc) is 2.77. The third-order valence-corrected chi connectivity index (χ3v) is 7.25. The quantitative estimate of drug-likeness (QED) is 0.685. The molecule has 3 rings (SSSR count). The van der Waals surface area contributed by atoms with Crippen molar-refractivity contribution in [2.45, 2.75) is 43.5 Å². The lowest BCUT2D eigenvalue weighted by atomic mass is 9.89. The molecule has 0 aliphatic carbocycles. The van der Waals surface area contributed by atoms with Crippen LogP contribution in [-0.2, 0) is 14.6 Å². The van der Waals surface area contributed by atoms with E-state index in [9.17, 15) is 18.0 Å². The molecule has 172 valence electrons. The van der Waals surface area contributed by atoms with Crippen molar-refractivity contribution in [3.8, 4) is 0 Å². The average molecular weight is 477 g/mol. The molecule has 32 heavy (non-hydrogen) atoms. The fourth-order valence-electron chi connectivity index (χ4n) is 3.97. The Morgan fingerprint density at radius 2 is 1.69 bits per heavy atom. The lowest BCUT2D eigenvalue weighted by Gasteiger charge is -2.35. The normalized spacial score (nSPS) is 16.1. The highest BCUT2D eigenvalue weighted by Crippen LogP contribution is 2.29. The first-order valence-corrected chi connectivity index (χ1v) is 13.0. The first kappa shape index (κ1) is 24.3. The highest BCUT2D eigenvalue weighted by molar-refractivity contribution is 7.90. The monoisotopic (exact) mass is 476 g/mol. The lowest BCUT2D eigenvalue weighted by molar-refractivity contribution is -0.135. The summed E-state index contributed by atoms with van der Waals surface area (Å²) in [6.45, 7) is 5.01. The zero-order chi connectivity index (χ0) is 23.5. The van der Waals surface area contributed by atoms with Crippen molar-refractivity contribution in [2.75, 3.05) is 19.3 Å². The van der Waals surface area contributed by atoms with Gasteiger partial charge in [-0.1, -0.05) is 43.6 Å². The molecular formula is C24H29ClN2O4S. The van der Waals surface area contributed by atoms with Gasteiger partial charge in [-0.25, -0.2) is 8.42 Å². The lowest BCUT2D eigenvalue weighted by Crippen LogP contribution is -2.52. The molecule has 1 saturated heterocycles. The van der Waals surface area contributed by atoms with Gasteiger partial charge in [0.1, 0.15) is 6.04 Å². The van der Waals surface area contributed by atoms with E-state index in [0.717, 1.165) is 19.1 Å². The van der Waals surface area contributed by atoms with Crippen molar-refractivity contribution in [1.29, 1.82) is 0 Å². The van der Waals surface area contributed by atoms with Gasteiger partial charge in [-0.15, -0.1) is 0 Å². The van der Waals surface area contributed by atoms with E-state index in [1.54, 1.807) is 6.07 Å². The summed E-state index contributed by atoms with van der Waals surface area (Å²) in [5, 5.41) is 3.53. The minimum Gasteiger partial charge on any atom is -0.341 e.